The maximum atomic E-state index is 13.2. The molecule has 0 radical (unpaired) electrons. The molecule has 0 unspecified atom stereocenters. The van der Waals surface area contributed by atoms with Crippen LogP contribution in [0.2, 0.25) is 0 Å². The van der Waals surface area contributed by atoms with E-state index in [4.69, 9.17) is 4.52 Å². The Morgan fingerprint density at radius 1 is 1.26 bits per heavy atom. The summed E-state index contributed by atoms with van der Waals surface area (Å²) in [6.45, 7) is 1.46. The lowest BCUT2D eigenvalue weighted by Gasteiger charge is -2.32. The van der Waals surface area contributed by atoms with E-state index in [9.17, 15) is 13.2 Å². The minimum Gasteiger partial charge on any atom is -0.360 e. The molecule has 1 aromatic heterocycles. The third-order valence-electron chi connectivity index (χ3n) is 4.60. The number of sulfonamides is 1. The van der Waals surface area contributed by atoms with E-state index >= 15 is 0 Å². The summed E-state index contributed by atoms with van der Waals surface area (Å²) >= 11 is 3.32. The van der Waals surface area contributed by atoms with Crippen LogP contribution in [0.3, 0.4) is 0 Å². The molecule has 7 nitrogen and oxygen atoms in total. The second-order valence-corrected chi connectivity index (χ2v) is 9.47. The van der Waals surface area contributed by atoms with Crippen LogP contribution in [-0.2, 0) is 14.8 Å². The Morgan fingerprint density at radius 3 is 2.52 bits per heavy atom. The molecule has 146 valence electrons. The molecule has 27 heavy (non-hydrogen) atoms. The van der Waals surface area contributed by atoms with E-state index in [1.807, 2.05) is 0 Å². The number of aryl methyl sites for hydroxylation is 1. The molecule has 0 saturated heterocycles. The van der Waals surface area contributed by atoms with Crippen molar-refractivity contribution in [3.63, 3.8) is 0 Å². The van der Waals surface area contributed by atoms with Crippen LogP contribution in [0.1, 0.15) is 37.9 Å². The van der Waals surface area contributed by atoms with Crippen LogP contribution in [0.15, 0.2) is 44.2 Å². The van der Waals surface area contributed by atoms with Crippen molar-refractivity contribution in [1.82, 2.24) is 9.46 Å². The number of hydrogen-bond acceptors (Lipinski definition) is 5. The van der Waals surface area contributed by atoms with Crippen LogP contribution in [0, 0.1) is 6.92 Å². The van der Waals surface area contributed by atoms with Gasteiger partial charge in [0, 0.05) is 16.6 Å². The zero-order valence-electron chi connectivity index (χ0n) is 15.0. The monoisotopic (exact) mass is 455 g/mol. The van der Waals surface area contributed by atoms with Crippen LogP contribution in [0.5, 0.6) is 0 Å². The molecule has 1 saturated carbocycles. The molecule has 1 fully saturated rings. The molecule has 1 aliphatic carbocycles. The quantitative estimate of drug-likeness (QED) is 0.716. The highest BCUT2D eigenvalue weighted by molar-refractivity contribution is 9.10. The topological polar surface area (TPSA) is 92.5 Å². The fourth-order valence-corrected chi connectivity index (χ4v) is 5.18. The summed E-state index contributed by atoms with van der Waals surface area (Å²) in [7, 11) is -3.79. The van der Waals surface area contributed by atoms with Gasteiger partial charge in [0.25, 0.3) is 0 Å². The first-order valence-corrected chi connectivity index (χ1v) is 11.1. The number of hydrogen-bond donors (Lipinski definition) is 1. The second-order valence-electron chi connectivity index (χ2n) is 6.67. The number of amides is 1. The van der Waals surface area contributed by atoms with Gasteiger partial charge in [-0.05, 0) is 44.0 Å². The molecule has 0 aliphatic heterocycles. The lowest BCUT2D eigenvalue weighted by atomic mass is 9.95. The van der Waals surface area contributed by atoms with Gasteiger partial charge < -0.3 is 9.84 Å². The molecule has 0 bridgehead atoms. The fourth-order valence-electron chi connectivity index (χ4n) is 3.27. The Hall–Kier alpha value is -1.71. The van der Waals surface area contributed by atoms with Crippen molar-refractivity contribution >= 4 is 37.7 Å². The van der Waals surface area contributed by atoms with Crippen LogP contribution >= 0.6 is 15.9 Å². The smallest absolute Gasteiger partial charge is 0.243 e. The summed E-state index contributed by atoms with van der Waals surface area (Å²) in [4.78, 5) is 12.7. The van der Waals surface area contributed by atoms with Crippen molar-refractivity contribution in [2.45, 2.75) is 50.0 Å². The highest BCUT2D eigenvalue weighted by atomic mass is 79.9. The number of rotatable bonds is 6. The predicted molar refractivity (Wildman–Crippen MR) is 105 cm³/mol. The van der Waals surface area contributed by atoms with Crippen molar-refractivity contribution < 1.29 is 17.7 Å². The minimum absolute atomic E-state index is 0.182. The first kappa shape index (κ1) is 20.0. The second kappa shape index (κ2) is 8.53. The van der Waals surface area contributed by atoms with Crippen molar-refractivity contribution in [1.29, 1.82) is 0 Å². The van der Waals surface area contributed by atoms with Crippen LogP contribution in [-0.4, -0.2) is 36.4 Å². The third-order valence-corrected chi connectivity index (χ3v) is 7.04. The van der Waals surface area contributed by atoms with Crippen LogP contribution < -0.4 is 5.32 Å². The van der Waals surface area contributed by atoms with E-state index in [1.165, 1.54) is 4.31 Å². The molecule has 9 heteroatoms. The zero-order chi connectivity index (χ0) is 19.4. The van der Waals surface area contributed by atoms with Crippen LogP contribution in [0.25, 0.3) is 0 Å². The van der Waals surface area contributed by atoms with Crippen LogP contribution in [0.4, 0.5) is 5.82 Å². The Kier molecular flexibility index (Phi) is 6.33. The van der Waals surface area contributed by atoms with Crippen molar-refractivity contribution in [3.8, 4) is 0 Å². The van der Waals surface area contributed by atoms with Gasteiger partial charge in [0.2, 0.25) is 15.9 Å². The first-order valence-electron chi connectivity index (χ1n) is 8.87. The average molecular weight is 456 g/mol. The maximum absolute atomic E-state index is 13.2. The third kappa shape index (κ3) is 4.97. The largest absolute Gasteiger partial charge is 0.360 e. The molecule has 1 N–H and O–H groups in total. The number of aromatic nitrogens is 1. The molecule has 0 atom stereocenters. The van der Waals surface area contributed by atoms with E-state index in [1.54, 1.807) is 37.3 Å². The van der Waals surface area contributed by atoms with Gasteiger partial charge in [0.05, 0.1) is 11.4 Å². The highest BCUT2D eigenvalue weighted by Gasteiger charge is 2.34. The SMILES string of the molecule is Cc1cc(NC(=O)CN(C2CCCCC2)S(=O)(=O)c2ccc(Br)cc2)no1. The van der Waals surface area contributed by atoms with Gasteiger partial charge in [-0.2, -0.15) is 4.31 Å². The molecule has 0 spiro atoms. The number of nitrogens with zero attached hydrogens (tertiary/aromatic N) is 2. The van der Waals surface area contributed by atoms with E-state index in [0.717, 1.165) is 36.6 Å². The number of anilines is 1. The Morgan fingerprint density at radius 2 is 1.93 bits per heavy atom. The average Bonchev–Trinajstić information content (AvgIpc) is 3.05. The molecule has 1 aliphatic rings. The number of carbonyl (C=O) groups excluding carboxylic acids is 1. The lowest BCUT2D eigenvalue weighted by molar-refractivity contribution is -0.116. The van der Waals surface area contributed by atoms with Gasteiger partial charge in [0.15, 0.2) is 5.82 Å². The number of nitrogens with one attached hydrogen (secondary N) is 1. The number of carbonyl (C=O) groups is 1. The summed E-state index contributed by atoms with van der Waals surface area (Å²) in [5.74, 6) is 0.411. The normalized spacial score (nSPS) is 15.8. The van der Waals surface area contributed by atoms with Crippen molar-refractivity contribution in [3.05, 3.63) is 40.6 Å². The highest BCUT2D eigenvalue weighted by Crippen LogP contribution is 2.28. The van der Waals surface area contributed by atoms with Crippen molar-refractivity contribution in [2.75, 3.05) is 11.9 Å². The van der Waals surface area contributed by atoms with E-state index in [0.29, 0.717) is 5.76 Å². The standard InChI is InChI=1S/C18H22BrN3O4S/c1-13-11-17(21-26-13)20-18(23)12-22(15-5-3-2-4-6-15)27(24,25)16-9-7-14(19)8-10-16/h7-11,15H,2-6,12H2,1H3,(H,20,21,23). The molecular weight excluding hydrogens is 434 g/mol. The van der Waals surface area contributed by atoms with Gasteiger partial charge in [-0.3, -0.25) is 4.79 Å². The number of halogens is 1. The summed E-state index contributed by atoms with van der Waals surface area (Å²) < 4.78 is 33.5. The number of benzene rings is 1. The molecular formula is C18H22BrN3O4S. The Labute approximate surface area is 167 Å². The summed E-state index contributed by atoms with van der Waals surface area (Å²) in [6, 6.07) is 7.88. The molecule has 1 amide bonds. The summed E-state index contributed by atoms with van der Waals surface area (Å²) in [5.41, 5.74) is 0. The lowest BCUT2D eigenvalue weighted by Crippen LogP contribution is -2.45. The zero-order valence-corrected chi connectivity index (χ0v) is 17.4. The molecule has 1 heterocycles. The molecule has 2 aromatic rings. The van der Waals surface area contributed by atoms with Gasteiger partial charge in [-0.1, -0.05) is 40.3 Å². The maximum Gasteiger partial charge on any atom is 0.243 e. The molecule has 3 rings (SSSR count). The van der Waals surface area contributed by atoms with Crippen molar-refractivity contribution in [2.24, 2.45) is 0 Å². The Bertz CT molecular complexity index is 890. The fraction of sp³-hybridized carbons (Fsp3) is 0.444. The Balaban J connectivity index is 1.83. The van der Waals surface area contributed by atoms with Gasteiger partial charge in [0.1, 0.15) is 5.76 Å². The van der Waals surface area contributed by atoms with E-state index in [2.05, 4.69) is 26.4 Å². The van der Waals surface area contributed by atoms with Gasteiger partial charge in [-0.15, -0.1) is 0 Å². The summed E-state index contributed by atoms with van der Waals surface area (Å²) in [6.07, 6.45) is 4.52. The van der Waals surface area contributed by atoms with E-state index < -0.39 is 15.9 Å². The minimum atomic E-state index is -3.79. The first-order chi connectivity index (χ1) is 12.9. The summed E-state index contributed by atoms with van der Waals surface area (Å²) in [5, 5.41) is 6.33. The van der Waals surface area contributed by atoms with E-state index in [-0.39, 0.29) is 23.3 Å². The van der Waals surface area contributed by atoms with Gasteiger partial charge in [-0.25, -0.2) is 8.42 Å². The van der Waals surface area contributed by atoms with Gasteiger partial charge >= 0.3 is 0 Å². The predicted octanol–water partition coefficient (Wildman–Crippen LogP) is 3.71. The molecule has 1 aromatic carbocycles.